The van der Waals surface area contributed by atoms with Crippen LogP contribution in [0.15, 0.2) is 82.4 Å². The highest BCUT2D eigenvalue weighted by molar-refractivity contribution is 9.10. The first kappa shape index (κ1) is 18.8. The lowest BCUT2D eigenvalue weighted by molar-refractivity contribution is 0.0954. The normalized spacial score (nSPS) is 10.7. The van der Waals surface area contributed by atoms with Crippen molar-refractivity contribution in [1.82, 2.24) is 5.43 Å². The maximum atomic E-state index is 12.9. The fourth-order valence-corrected chi connectivity index (χ4v) is 2.77. The third-order valence-corrected chi connectivity index (χ3v) is 4.37. The van der Waals surface area contributed by atoms with Gasteiger partial charge in [0.1, 0.15) is 18.2 Å². The third kappa shape index (κ3) is 5.49. The summed E-state index contributed by atoms with van der Waals surface area (Å²) in [4.78, 5) is 12.1. The Balaban J connectivity index is 1.58. The number of hydrogen-bond donors (Lipinski definition) is 1. The number of nitrogens with one attached hydrogen (secondary N) is 1. The van der Waals surface area contributed by atoms with Crippen molar-refractivity contribution in [2.45, 2.75) is 6.61 Å². The molecule has 0 aliphatic rings. The number of carbonyl (C=O) groups is 1. The van der Waals surface area contributed by atoms with Gasteiger partial charge in [-0.05, 0) is 63.5 Å². The first-order chi connectivity index (χ1) is 13.1. The van der Waals surface area contributed by atoms with Gasteiger partial charge in [-0.2, -0.15) is 5.10 Å². The molecule has 0 heterocycles. The molecule has 0 atom stereocenters. The second-order valence-corrected chi connectivity index (χ2v) is 6.52. The van der Waals surface area contributed by atoms with E-state index < -0.39 is 0 Å². The molecule has 0 aromatic heterocycles. The average Bonchev–Trinajstić information content (AvgIpc) is 2.68. The predicted octanol–water partition coefficient (Wildman–Crippen LogP) is 4.93. The van der Waals surface area contributed by atoms with E-state index >= 15 is 0 Å². The minimum absolute atomic E-state index is 0.276. The molecule has 0 fully saturated rings. The Kier molecular flexibility index (Phi) is 6.33. The van der Waals surface area contributed by atoms with Crippen molar-refractivity contribution in [2.75, 3.05) is 0 Å². The molecule has 136 valence electrons. The van der Waals surface area contributed by atoms with Gasteiger partial charge in [0.25, 0.3) is 5.91 Å². The van der Waals surface area contributed by atoms with Crippen LogP contribution in [0.2, 0.25) is 0 Å². The van der Waals surface area contributed by atoms with Crippen LogP contribution in [0.1, 0.15) is 21.5 Å². The van der Waals surface area contributed by atoms with E-state index in [0.717, 1.165) is 11.1 Å². The molecule has 0 saturated carbocycles. The molecule has 0 saturated heterocycles. The Morgan fingerprint density at radius 1 is 1.07 bits per heavy atom. The molecule has 6 heteroatoms. The molecular weight excluding hydrogens is 411 g/mol. The van der Waals surface area contributed by atoms with Gasteiger partial charge in [0.15, 0.2) is 0 Å². The van der Waals surface area contributed by atoms with Crippen LogP contribution in [0.4, 0.5) is 4.39 Å². The fourth-order valence-electron chi connectivity index (χ4n) is 2.30. The number of benzene rings is 3. The lowest BCUT2D eigenvalue weighted by Gasteiger charge is -2.07. The quantitative estimate of drug-likeness (QED) is 0.448. The van der Waals surface area contributed by atoms with E-state index in [1.165, 1.54) is 12.1 Å². The van der Waals surface area contributed by atoms with Crippen molar-refractivity contribution in [3.05, 3.63) is 99.8 Å². The molecule has 0 unspecified atom stereocenters. The van der Waals surface area contributed by atoms with E-state index in [4.69, 9.17) is 4.74 Å². The number of amides is 1. The van der Waals surface area contributed by atoms with Crippen molar-refractivity contribution in [3.63, 3.8) is 0 Å². The lowest BCUT2D eigenvalue weighted by Crippen LogP contribution is -2.18. The number of ether oxygens (including phenoxy) is 1. The molecule has 3 aromatic rings. The standard InChI is InChI=1S/C21H16BrFN2O2/c22-20-7-2-1-6-19(20)21(26)25-24-13-16-4-3-5-18(12-16)27-14-15-8-10-17(23)11-9-15/h1-13H,14H2,(H,25,26)/b24-13+. The summed E-state index contributed by atoms with van der Waals surface area (Å²) in [5, 5.41) is 3.99. The summed E-state index contributed by atoms with van der Waals surface area (Å²) in [6.45, 7) is 0.333. The summed E-state index contributed by atoms with van der Waals surface area (Å²) in [5.41, 5.74) is 4.65. The van der Waals surface area contributed by atoms with Crippen molar-refractivity contribution in [1.29, 1.82) is 0 Å². The Hall–Kier alpha value is -2.99. The first-order valence-corrected chi connectivity index (χ1v) is 8.96. The van der Waals surface area contributed by atoms with E-state index in [0.29, 0.717) is 22.4 Å². The molecule has 3 aromatic carbocycles. The molecule has 0 aliphatic heterocycles. The van der Waals surface area contributed by atoms with Crippen LogP contribution in [0, 0.1) is 5.82 Å². The Bertz CT molecular complexity index is 958. The van der Waals surface area contributed by atoms with E-state index in [1.807, 2.05) is 24.3 Å². The Labute approximate surface area is 164 Å². The van der Waals surface area contributed by atoms with Crippen LogP contribution in [0.5, 0.6) is 5.75 Å². The van der Waals surface area contributed by atoms with Crippen LogP contribution in [-0.4, -0.2) is 12.1 Å². The second-order valence-electron chi connectivity index (χ2n) is 5.67. The molecule has 0 aliphatic carbocycles. The van der Waals surface area contributed by atoms with E-state index in [1.54, 1.807) is 42.6 Å². The van der Waals surface area contributed by atoms with Crippen LogP contribution in [0.3, 0.4) is 0 Å². The number of nitrogens with zero attached hydrogens (tertiary/aromatic N) is 1. The predicted molar refractivity (Wildman–Crippen MR) is 106 cm³/mol. The number of carbonyl (C=O) groups excluding carboxylic acids is 1. The summed E-state index contributed by atoms with van der Waals surface area (Å²) >= 11 is 3.33. The number of rotatable bonds is 6. The van der Waals surface area contributed by atoms with E-state index in [9.17, 15) is 9.18 Å². The first-order valence-electron chi connectivity index (χ1n) is 8.17. The zero-order valence-electron chi connectivity index (χ0n) is 14.2. The van der Waals surface area contributed by atoms with Gasteiger partial charge in [-0.3, -0.25) is 4.79 Å². The summed E-state index contributed by atoms with van der Waals surface area (Å²) in [6, 6.07) is 20.6. The Morgan fingerprint density at radius 2 is 1.85 bits per heavy atom. The topological polar surface area (TPSA) is 50.7 Å². The summed E-state index contributed by atoms with van der Waals surface area (Å²) < 4.78 is 19.3. The van der Waals surface area contributed by atoms with Crippen LogP contribution in [0.25, 0.3) is 0 Å². The zero-order chi connectivity index (χ0) is 19.1. The van der Waals surface area contributed by atoms with Gasteiger partial charge in [-0.15, -0.1) is 0 Å². The van der Waals surface area contributed by atoms with Gasteiger partial charge in [-0.1, -0.05) is 36.4 Å². The minimum Gasteiger partial charge on any atom is -0.489 e. The molecule has 0 radical (unpaired) electrons. The number of hydrazone groups is 1. The van der Waals surface area contributed by atoms with Crippen molar-refractivity contribution in [3.8, 4) is 5.75 Å². The molecule has 1 amide bonds. The highest BCUT2D eigenvalue weighted by atomic mass is 79.9. The van der Waals surface area contributed by atoms with Gasteiger partial charge < -0.3 is 4.74 Å². The van der Waals surface area contributed by atoms with Crippen molar-refractivity contribution in [2.24, 2.45) is 5.10 Å². The summed E-state index contributed by atoms with van der Waals surface area (Å²) in [6.07, 6.45) is 1.54. The zero-order valence-corrected chi connectivity index (χ0v) is 15.8. The molecule has 3 rings (SSSR count). The van der Waals surface area contributed by atoms with E-state index in [-0.39, 0.29) is 11.7 Å². The minimum atomic E-state index is -0.303. The maximum absolute atomic E-state index is 12.9. The molecule has 4 nitrogen and oxygen atoms in total. The molecule has 0 bridgehead atoms. The lowest BCUT2D eigenvalue weighted by atomic mass is 10.2. The van der Waals surface area contributed by atoms with Crippen molar-refractivity contribution >= 4 is 28.1 Å². The largest absolute Gasteiger partial charge is 0.489 e. The highest BCUT2D eigenvalue weighted by Crippen LogP contribution is 2.16. The number of halogens is 2. The molecular formula is C21H16BrFN2O2. The summed E-state index contributed by atoms with van der Waals surface area (Å²) in [5.74, 6) is 0.0735. The van der Waals surface area contributed by atoms with Gasteiger partial charge in [0.05, 0.1) is 11.8 Å². The Morgan fingerprint density at radius 3 is 2.63 bits per heavy atom. The van der Waals surface area contributed by atoms with Crippen LogP contribution >= 0.6 is 15.9 Å². The van der Waals surface area contributed by atoms with Crippen LogP contribution in [-0.2, 0) is 6.61 Å². The second kappa shape index (κ2) is 9.09. The third-order valence-electron chi connectivity index (χ3n) is 3.68. The smallest absolute Gasteiger partial charge is 0.272 e. The van der Waals surface area contributed by atoms with E-state index in [2.05, 4.69) is 26.5 Å². The average molecular weight is 427 g/mol. The molecule has 1 N–H and O–H groups in total. The van der Waals surface area contributed by atoms with Crippen LogP contribution < -0.4 is 10.2 Å². The van der Waals surface area contributed by atoms with Gasteiger partial charge in [0, 0.05) is 4.47 Å². The molecule has 27 heavy (non-hydrogen) atoms. The van der Waals surface area contributed by atoms with Gasteiger partial charge in [0.2, 0.25) is 0 Å². The van der Waals surface area contributed by atoms with Gasteiger partial charge in [-0.25, -0.2) is 9.82 Å². The molecule has 0 spiro atoms. The SMILES string of the molecule is O=C(N/N=C/c1cccc(OCc2ccc(F)cc2)c1)c1ccccc1Br. The van der Waals surface area contributed by atoms with Crippen molar-refractivity contribution < 1.29 is 13.9 Å². The maximum Gasteiger partial charge on any atom is 0.272 e. The fraction of sp³-hybridized carbons (Fsp3) is 0.0476. The highest BCUT2D eigenvalue weighted by Gasteiger charge is 2.07. The monoisotopic (exact) mass is 426 g/mol. The summed E-state index contributed by atoms with van der Waals surface area (Å²) in [7, 11) is 0. The van der Waals surface area contributed by atoms with Gasteiger partial charge >= 0.3 is 0 Å². The number of hydrogen-bond acceptors (Lipinski definition) is 3.